The Balaban J connectivity index is -0.000000359. The third kappa shape index (κ3) is 30.4. The average Bonchev–Trinajstić information content (AvgIpc) is 3.12. The second-order valence-corrected chi connectivity index (χ2v) is 25.1. The average molecular weight is 892 g/mol. The van der Waals surface area contributed by atoms with Crippen LogP contribution in [-0.2, 0) is 41.7 Å². The molecular formula is C57H110O4S. The van der Waals surface area contributed by atoms with Crippen LogP contribution in [0.2, 0.25) is 0 Å². The molecule has 0 atom stereocenters. The molecule has 2 aromatic rings. The summed E-state index contributed by atoms with van der Waals surface area (Å²) in [5.41, 5.74) is 7.34. The molecule has 0 heterocycles. The van der Waals surface area contributed by atoms with Gasteiger partial charge in [-0.05, 0) is 118 Å². The van der Waals surface area contributed by atoms with Crippen molar-refractivity contribution in [3.63, 3.8) is 0 Å². The zero-order valence-electron chi connectivity index (χ0n) is 47.0. The van der Waals surface area contributed by atoms with Gasteiger partial charge in [0.15, 0.2) is 0 Å². The molecule has 0 bridgehead atoms. The molecule has 0 saturated heterocycles. The van der Waals surface area contributed by atoms with Crippen LogP contribution in [0, 0.1) is 46.3 Å². The highest BCUT2D eigenvalue weighted by atomic mass is 32.2. The van der Waals surface area contributed by atoms with E-state index >= 15 is 0 Å². The van der Waals surface area contributed by atoms with Gasteiger partial charge in [-0.2, -0.15) is 8.42 Å². The van der Waals surface area contributed by atoms with Gasteiger partial charge in [-0.1, -0.05) is 222 Å². The van der Waals surface area contributed by atoms with Crippen LogP contribution in [0.15, 0.2) is 48.5 Å². The summed E-state index contributed by atoms with van der Waals surface area (Å²) < 4.78 is 28.9. The number of hydrogen-bond acceptors (Lipinski definition) is 4. The van der Waals surface area contributed by atoms with Crippen molar-refractivity contribution in [2.75, 3.05) is 20.0 Å². The van der Waals surface area contributed by atoms with E-state index < -0.39 is 10.1 Å². The molecule has 0 N–H and O–H groups in total. The van der Waals surface area contributed by atoms with Gasteiger partial charge < -0.3 is 4.74 Å². The van der Waals surface area contributed by atoms with E-state index in [0.717, 1.165) is 44.6 Å². The van der Waals surface area contributed by atoms with E-state index in [-0.39, 0.29) is 16.2 Å². The largest absolute Gasteiger partial charge is 0.379 e. The topological polar surface area (TPSA) is 52.6 Å². The van der Waals surface area contributed by atoms with Crippen LogP contribution in [-0.4, -0.2) is 34.5 Å². The zero-order chi connectivity index (χ0) is 50.3. The number of hydrogen-bond donors (Lipinski definition) is 0. The van der Waals surface area contributed by atoms with Crippen molar-refractivity contribution in [2.24, 2.45) is 46.3 Å². The van der Waals surface area contributed by atoms with Crippen molar-refractivity contribution in [1.29, 1.82) is 0 Å². The maximum atomic E-state index is 9.78. The van der Waals surface area contributed by atoms with E-state index in [1.54, 1.807) is 0 Å². The molecule has 0 radical (unpaired) electrons. The number of ether oxygens (including phenoxy) is 1. The minimum absolute atomic E-state index is 0.250. The second-order valence-electron chi connectivity index (χ2n) is 23.3. The highest BCUT2D eigenvalue weighted by Gasteiger charge is 2.28. The molecule has 368 valence electrons. The molecule has 0 amide bonds. The first kappa shape index (κ1) is 66.9. The third-order valence-electron chi connectivity index (χ3n) is 13.2. The lowest BCUT2D eigenvalue weighted by molar-refractivity contribution is 0.0604. The van der Waals surface area contributed by atoms with Crippen LogP contribution >= 0.6 is 0 Å². The SMILES string of the molecule is CC.CC(C)C(C)(C)Cc1ccc(C(C)(C)C(C)C)cc1.CC(C)C(C)(C)c1ccc(C(C)(C)C(C)C)cc1.CC(C)CC(C)C.CC(C)OCCC(C)(C)C.COS(C)(=O)=O. The molecule has 0 aliphatic carbocycles. The van der Waals surface area contributed by atoms with Gasteiger partial charge in [0, 0.05) is 6.61 Å². The van der Waals surface area contributed by atoms with Crippen molar-refractivity contribution in [3.8, 4) is 0 Å². The lowest BCUT2D eigenvalue weighted by Crippen LogP contribution is -2.26. The molecule has 0 unspecified atom stereocenters. The van der Waals surface area contributed by atoms with Crippen LogP contribution in [0.25, 0.3) is 0 Å². The van der Waals surface area contributed by atoms with E-state index in [9.17, 15) is 8.42 Å². The zero-order valence-corrected chi connectivity index (χ0v) is 47.8. The Morgan fingerprint density at radius 1 is 0.500 bits per heavy atom. The van der Waals surface area contributed by atoms with Crippen LogP contribution in [0.1, 0.15) is 222 Å². The molecule has 0 aliphatic rings. The normalized spacial score (nSPS) is 12.5. The summed E-state index contributed by atoms with van der Waals surface area (Å²) in [7, 11) is -2.04. The smallest absolute Gasteiger partial charge is 0.264 e. The van der Waals surface area contributed by atoms with Gasteiger partial charge >= 0.3 is 0 Å². The lowest BCUT2D eigenvalue weighted by atomic mass is 9.72. The number of rotatable bonds is 15. The summed E-state index contributed by atoms with van der Waals surface area (Å²) in [6, 6.07) is 18.6. The van der Waals surface area contributed by atoms with Gasteiger partial charge in [-0.25, -0.2) is 0 Å². The Morgan fingerprint density at radius 2 is 0.774 bits per heavy atom. The van der Waals surface area contributed by atoms with Crippen molar-refractivity contribution in [3.05, 3.63) is 70.8 Å². The van der Waals surface area contributed by atoms with Crippen molar-refractivity contribution in [2.45, 2.75) is 229 Å². The first-order valence-electron chi connectivity index (χ1n) is 24.3. The summed E-state index contributed by atoms with van der Waals surface area (Å²) in [6.07, 6.45) is 5.04. The Bertz CT molecular complexity index is 1430. The minimum atomic E-state index is -3.16. The highest BCUT2D eigenvalue weighted by molar-refractivity contribution is 7.85. The summed E-state index contributed by atoms with van der Waals surface area (Å²) in [5.74, 6) is 4.42. The highest BCUT2D eigenvalue weighted by Crippen LogP contribution is 2.36. The lowest BCUT2D eigenvalue weighted by Gasteiger charge is -2.33. The molecule has 62 heavy (non-hydrogen) atoms. The maximum absolute atomic E-state index is 9.78. The van der Waals surface area contributed by atoms with E-state index in [1.807, 2.05) is 13.8 Å². The Hall–Kier alpha value is -1.69. The maximum Gasteiger partial charge on any atom is 0.264 e. The van der Waals surface area contributed by atoms with E-state index in [0.29, 0.717) is 40.6 Å². The predicted octanol–water partition coefficient (Wildman–Crippen LogP) is 17.6. The van der Waals surface area contributed by atoms with Crippen molar-refractivity contribution >= 4 is 10.1 Å². The van der Waals surface area contributed by atoms with Crippen LogP contribution in [0.3, 0.4) is 0 Å². The van der Waals surface area contributed by atoms with Crippen molar-refractivity contribution in [1.82, 2.24) is 0 Å². The first-order chi connectivity index (χ1) is 27.8. The fraction of sp³-hybridized carbons (Fsp3) is 0.789. The second kappa shape index (κ2) is 30.5. The molecule has 0 aliphatic heterocycles. The molecular weight excluding hydrogens is 781 g/mol. The molecule has 2 rings (SSSR count). The monoisotopic (exact) mass is 891 g/mol. The fourth-order valence-corrected chi connectivity index (χ4v) is 5.66. The van der Waals surface area contributed by atoms with Gasteiger partial charge in [-0.3, -0.25) is 4.18 Å². The number of benzene rings is 2. The summed E-state index contributed by atoms with van der Waals surface area (Å²) in [6.45, 7) is 62.0. The van der Waals surface area contributed by atoms with Gasteiger partial charge in [0.25, 0.3) is 10.1 Å². The van der Waals surface area contributed by atoms with Crippen molar-refractivity contribution < 1.29 is 17.3 Å². The summed E-state index contributed by atoms with van der Waals surface area (Å²) in [5, 5.41) is 0. The third-order valence-corrected chi connectivity index (χ3v) is 13.8. The molecule has 2 aromatic carbocycles. The molecule has 0 saturated carbocycles. The summed E-state index contributed by atoms with van der Waals surface area (Å²) in [4.78, 5) is 0. The Kier molecular flexibility index (Phi) is 32.9. The standard InChI is InChI=1S/C19H32.C18H30.C9H20O.C7H16.C2H6O3S.C2H6/c1-14(2)18(5,6)13-16-9-11-17(12-10-16)19(7,8)15(3)4;1-13(2)17(5,6)15-9-11-16(12-10-15)18(7,8)14(3)4;1-8(2)10-7-6-9(3,4)5;1-6(2)5-7(3)4;1-5-6(2,3)4;1-2/h9-12,14-15H,13H2,1-8H3;9-14H,1-8H3;8H,6-7H2,1-5H3;6-7H,5H2,1-4H3;1-2H3;1-2H3. The molecule has 5 heteroatoms. The van der Waals surface area contributed by atoms with Crippen LogP contribution < -0.4 is 0 Å². The molecule has 4 nitrogen and oxygen atoms in total. The van der Waals surface area contributed by atoms with E-state index in [4.69, 9.17) is 4.74 Å². The minimum Gasteiger partial charge on any atom is -0.379 e. The Morgan fingerprint density at radius 3 is 0.952 bits per heavy atom. The van der Waals surface area contributed by atoms with Gasteiger partial charge in [0.05, 0.1) is 19.5 Å². The predicted molar refractivity (Wildman–Crippen MR) is 281 cm³/mol. The fourth-order valence-electron chi connectivity index (χ4n) is 5.66. The van der Waals surface area contributed by atoms with Crippen LogP contribution in [0.5, 0.6) is 0 Å². The molecule has 0 aromatic heterocycles. The Labute approximate surface area is 391 Å². The van der Waals surface area contributed by atoms with Gasteiger partial charge in [-0.15, -0.1) is 0 Å². The van der Waals surface area contributed by atoms with E-state index in [2.05, 4.69) is 226 Å². The molecule has 0 fully saturated rings. The van der Waals surface area contributed by atoms with Crippen LogP contribution in [0.4, 0.5) is 0 Å². The summed E-state index contributed by atoms with van der Waals surface area (Å²) >= 11 is 0. The molecule has 0 spiro atoms. The van der Waals surface area contributed by atoms with E-state index in [1.165, 1.54) is 28.7 Å². The van der Waals surface area contributed by atoms with Gasteiger partial charge in [0.2, 0.25) is 0 Å². The van der Waals surface area contributed by atoms with Gasteiger partial charge in [0.1, 0.15) is 0 Å². The first-order valence-corrected chi connectivity index (χ1v) is 26.2. The quantitative estimate of drug-likeness (QED) is 0.167.